The van der Waals surface area contributed by atoms with Crippen LogP contribution < -0.4 is 5.32 Å². The lowest BCUT2D eigenvalue weighted by atomic mass is 9.79. The van der Waals surface area contributed by atoms with Crippen molar-refractivity contribution in [3.8, 4) is 11.8 Å². The minimum atomic E-state index is 0.215. The van der Waals surface area contributed by atoms with Crippen molar-refractivity contribution in [3.63, 3.8) is 0 Å². The number of likely N-dealkylation sites (tertiary alicyclic amines) is 1. The van der Waals surface area contributed by atoms with Crippen LogP contribution >= 0.6 is 0 Å². The Hall–Kier alpha value is -1.77. The van der Waals surface area contributed by atoms with Gasteiger partial charge < -0.3 is 15.2 Å². The Labute approximate surface area is 157 Å². The van der Waals surface area contributed by atoms with Gasteiger partial charge in [-0.1, -0.05) is 0 Å². The average molecular weight is 357 g/mol. The highest BCUT2D eigenvalue weighted by Gasteiger charge is 2.38. The first kappa shape index (κ1) is 19.0. The fourth-order valence-corrected chi connectivity index (χ4v) is 4.44. The first-order chi connectivity index (χ1) is 12.5. The van der Waals surface area contributed by atoms with Gasteiger partial charge >= 0.3 is 0 Å². The third-order valence-electron chi connectivity index (χ3n) is 6.16. The molecule has 1 saturated carbocycles. The number of hydrogen-bond acceptors (Lipinski definition) is 5. The summed E-state index contributed by atoms with van der Waals surface area (Å²) < 4.78 is 5.80. The molecule has 1 aromatic rings. The van der Waals surface area contributed by atoms with E-state index in [1.165, 1.54) is 12.8 Å². The Morgan fingerprint density at radius 3 is 2.58 bits per heavy atom. The highest BCUT2D eigenvalue weighted by Crippen LogP contribution is 2.37. The highest BCUT2D eigenvalue weighted by atomic mass is 16.5. The summed E-state index contributed by atoms with van der Waals surface area (Å²) in [6, 6.07) is 7.44. The van der Waals surface area contributed by atoms with Crippen LogP contribution in [0.15, 0.2) is 18.2 Å². The van der Waals surface area contributed by atoms with Gasteiger partial charge in [0, 0.05) is 31.3 Å². The van der Waals surface area contributed by atoms with E-state index in [1.807, 2.05) is 0 Å². The molecule has 0 amide bonds. The molecule has 2 N–H and O–H groups in total. The van der Waals surface area contributed by atoms with Crippen molar-refractivity contribution < 1.29 is 9.84 Å². The Bertz CT molecular complexity index is 639. The summed E-state index contributed by atoms with van der Waals surface area (Å²) >= 11 is 0. The third kappa shape index (κ3) is 4.31. The minimum Gasteiger partial charge on any atom is -0.506 e. The lowest BCUT2D eigenvalue weighted by Gasteiger charge is -2.48. The van der Waals surface area contributed by atoms with E-state index >= 15 is 0 Å². The molecule has 1 heterocycles. The molecule has 0 spiro atoms. The average Bonchev–Trinajstić information content (AvgIpc) is 2.66. The number of nitrogens with one attached hydrogen (secondary N) is 1. The van der Waals surface area contributed by atoms with Crippen LogP contribution in [0, 0.1) is 11.3 Å². The SMILES string of the molecule is CCO[C@H]1CC[C@](C)(N2CCC(Nc3cc(C#N)ccc3O)CC2)CC1. The van der Waals surface area contributed by atoms with Gasteiger partial charge in [0.2, 0.25) is 0 Å². The standard InChI is InChI=1S/C21H31N3O2/c1-3-26-18-6-10-21(2,11-7-18)24-12-8-17(9-13-24)23-19-14-16(15-22)4-5-20(19)25/h4-5,14,17-18,23,25H,3,6-13H2,1-2H3/t18-,21-. The van der Waals surface area contributed by atoms with Crippen molar-refractivity contribution in [1.29, 1.82) is 5.26 Å². The quantitative estimate of drug-likeness (QED) is 0.783. The molecule has 0 radical (unpaired) electrons. The van der Waals surface area contributed by atoms with E-state index in [2.05, 4.69) is 30.1 Å². The molecular formula is C21H31N3O2. The number of piperidine rings is 1. The van der Waals surface area contributed by atoms with Crippen LogP contribution in [-0.2, 0) is 4.74 Å². The van der Waals surface area contributed by atoms with Gasteiger partial charge in [0.25, 0.3) is 0 Å². The van der Waals surface area contributed by atoms with Gasteiger partial charge in [-0.2, -0.15) is 5.26 Å². The van der Waals surface area contributed by atoms with Crippen LogP contribution in [-0.4, -0.2) is 47.4 Å². The zero-order chi connectivity index (χ0) is 18.6. The van der Waals surface area contributed by atoms with Crippen molar-refractivity contribution in [3.05, 3.63) is 23.8 Å². The summed E-state index contributed by atoms with van der Waals surface area (Å²) in [7, 11) is 0. The molecule has 5 nitrogen and oxygen atoms in total. The maximum atomic E-state index is 10.0. The van der Waals surface area contributed by atoms with Crippen molar-refractivity contribution in [2.24, 2.45) is 0 Å². The van der Waals surface area contributed by atoms with Crippen molar-refractivity contribution in [1.82, 2.24) is 4.90 Å². The first-order valence-electron chi connectivity index (χ1n) is 9.90. The molecule has 1 saturated heterocycles. The van der Waals surface area contributed by atoms with E-state index in [4.69, 9.17) is 10.00 Å². The zero-order valence-electron chi connectivity index (χ0n) is 16.0. The number of nitrogens with zero attached hydrogens (tertiary/aromatic N) is 2. The van der Waals surface area contributed by atoms with Gasteiger partial charge in [-0.3, -0.25) is 4.90 Å². The Balaban J connectivity index is 1.52. The number of hydrogen-bond donors (Lipinski definition) is 2. The van der Waals surface area contributed by atoms with E-state index in [0.717, 1.165) is 45.4 Å². The number of anilines is 1. The van der Waals surface area contributed by atoms with Gasteiger partial charge in [-0.05, 0) is 70.6 Å². The number of nitriles is 1. The van der Waals surface area contributed by atoms with E-state index in [1.54, 1.807) is 18.2 Å². The van der Waals surface area contributed by atoms with Gasteiger partial charge in [0.1, 0.15) is 5.75 Å². The minimum absolute atomic E-state index is 0.215. The monoisotopic (exact) mass is 357 g/mol. The number of aromatic hydroxyl groups is 1. The van der Waals surface area contributed by atoms with Crippen molar-refractivity contribution in [2.45, 2.75) is 70.1 Å². The molecule has 1 aliphatic carbocycles. The smallest absolute Gasteiger partial charge is 0.138 e. The van der Waals surface area contributed by atoms with Crippen LogP contribution in [0.1, 0.15) is 57.9 Å². The molecule has 5 heteroatoms. The normalized spacial score (nSPS) is 27.8. The largest absolute Gasteiger partial charge is 0.506 e. The highest BCUT2D eigenvalue weighted by molar-refractivity contribution is 5.59. The second-order valence-electron chi connectivity index (χ2n) is 7.90. The second kappa shape index (κ2) is 8.28. The third-order valence-corrected chi connectivity index (χ3v) is 6.16. The number of phenols is 1. The molecular weight excluding hydrogens is 326 g/mol. The predicted octanol–water partition coefficient (Wildman–Crippen LogP) is 3.88. The topological polar surface area (TPSA) is 68.5 Å². The molecule has 2 fully saturated rings. The summed E-state index contributed by atoms with van der Waals surface area (Å²) in [5.41, 5.74) is 1.54. The van der Waals surface area contributed by atoms with Crippen LogP contribution in [0.25, 0.3) is 0 Å². The molecule has 0 bridgehead atoms. The van der Waals surface area contributed by atoms with Crippen LogP contribution in [0.3, 0.4) is 0 Å². The Morgan fingerprint density at radius 2 is 1.96 bits per heavy atom. The summed E-state index contributed by atoms with van der Waals surface area (Å²) in [6.07, 6.45) is 7.31. The van der Waals surface area contributed by atoms with Gasteiger partial charge in [0.05, 0.1) is 23.4 Å². The van der Waals surface area contributed by atoms with Crippen molar-refractivity contribution in [2.75, 3.05) is 25.0 Å². The Morgan fingerprint density at radius 1 is 1.27 bits per heavy atom. The molecule has 1 aliphatic heterocycles. The fraction of sp³-hybridized carbons (Fsp3) is 0.667. The van der Waals surface area contributed by atoms with Crippen LogP contribution in [0.4, 0.5) is 5.69 Å². The zero-order valence-corrected chi connectivity index (χ0v) is 16.0. The summed E-state index contributed by atoms with van der Waals surface area (Å²) in [5, 5.41) is 22.5. The summed E-state index contributed by atoms with van der Waals surface area (Å²) in [5.74, 6) is 0.215. The molecule has 142 valence electrons. The van der Waals surface area contributed by atoms with Gasteiger partial charge in [-0.15, -0.1) is 0 Å². The molecule has 1 aromatic carbocycles. The summed E-state index contributed by atoms with van der Waals surface area (Å²) in [6.45, 7) is 7.46. The van der Waals surface area contributed by atoms with Gasteiger partial charge in [-0.25, -0.2) is 0 Å². The van der Waals surface area contributed by atoms with Crippen molar-refractivity contribution >= 4 is 5.69 Å². The fourth-order valence-electron chi connectivity index (χ4n) is 4.44. The van der Waals surface area contributed by atoms with Gasteiger partial charge in [0.15, 0.2) is 0 Å². The lowest BCUT2D eigenvalue weighted by molar-refractivity contribution is -0.0242. The first-order valence-corrected chi connectivity index (χ1v) is 9.90. The van der Waals surface area contributed by atoms with E-state index in [9.17, 15) is 5.11 Å². The number of ether oxygens (including phenoxy) is 1. The number of benzene rings is 1. The molecule has 0 aromatic heterocycles. The molecule has 0 atom stereocenters. The van der Waals surface area contributed by atoms with Crippen LogP contribution in [0.5, 0.6) is 5.75 Å². The van der Waals surface area contributed by atoms with Crippen LogP contribution in [0.2, 0.25) is 0 Å². The molecule has 0 unspecified atom stereocenters. The summed E-state index contributed by atoms with van der Waals surface area (Å²) in [4.78, 5) is 2.65. The number of phenolic OH excluding ortho intramolecular Hbond substituents is 1. The maximum absolute atomic E-state index is 10.0. The Kier molecular flexibility index (Phi) is 6.05. The van der Waals surface area contributed by atoms with E-state index < -0.39 is 0 Å². The second-order valence-corrected chi connectivity index (χ2v) is 7.90. The van der Waals surface area contributed by atoms with E-state index in [-0.39, 0.29) is 5.75 Å². The predicted molar refractivity (Wildman–Crippen MR) is 103 cm³/mol. The van der Waals surface area contributed by atoms with E-state index in [0.29, 0.717) is 28.9 Å². The lowest BCUT2D eigenvalue weighted by Crippen LogP contribution is -2.53. The number of rotatable bonds is 5. The molecule has 2 aliphatic rings. The maximum Gasteiger partial charge on any atom is 0.138 e. The molecule has 3 rings (SSSR count). The molecule has 26 heavy (non-hydrogen) atoms.